The number of hydrogen-bond donors (Lipinski definition) is 0. The summed E-state index contributed by atoms with van der Waals surface area (Å²) in [6.45, 7) is 0. The Labute approximate surface area is 389 Å². The van der Waals surface area contributed by atoms with Gasteiger partial charge in [0.2, 0.25) is 0 Å². The highest BCUT2D eigenvalue weighted by Crippen LogP contribution is 2.48. The number of rotatable bonds is 6. The lowest BCUT2D eigenvalue weighted by molar-refractivity contribution is 1.32. The molecule has 66 heavy (non-hydrogen) atoms. The van der Waals surface area contributed by atoms with Crippen LogP contribution in [0.3, 0.4) is 0 Å². The zero-order chi connectivity index (χ0) is 43.3. The van der Waals surface area contributed by atoms with Gasteiger partial charge in [-0.2, -0.15) is 0 Å². The van der Waals surface area contributed by atoms with Gasteiger partial charge in [-0.3, -0.25) is 0 Å². The van der Waals surface area contributed by atoms with Gasteiger partial charge in [-0.05, 0) is 117 Å². The number of hydrogen-bond acceptors (Lipinski definition) is 4. The van der Waals surface area contributed by atoms with E-state index in [1.165, 1.54) is 117 Å². The van der Waals surface area contributed by atoms with Crippen LogP contribution in [0, 0.1) is 0 Å². The van der Waals surface area contributed by atoms with Crippen molar-refractivity contribution in [1.82, 2.24) is 0 Å². The molecule has 0 fully saturated rings. The van der Waals surface area contributed by atoms with Crippen molar-refractivity contribution < 1.29 is 0 Å². The molecular formula is C62H38N2S2. The molecule has 0 amide bonds. The van der Waals surface area contributed by atoms with Crippen LogP contribution in [-0.2, 0) is 0 Å². The molecule has 0 aliphatic heterocycles. The zero-order valence-electron chi connectivity index (χ0n) is 35.7. The van der Waals surface area contributed by atoms with Gasteiger partial charge in [0.05, 0.1) is 22.7 Å². The molecule has 14 rings (SSSR count). The maximum absolute atomic E-state index is 2.47. The topological polar surface area (TPSA) is 6.48 Å². The SMILES string of the molecule is c1ccc2c(N(c3ccc4sc5cc6cc7sc8ccc(N(c9cccc%10ccccc9%10)c9cccc%10ccccc9%10)cc8c7cc6cc5c4c3)c3cccc4ccccc34)cccc2c1. The molecule has 0 aliphatic carbocycles. The molecule has 4 heteroatoms. The molecule has 0 aliphatic rings. The molecule has 0 radical (unpaired) electrons. The molecule has 0 atom stereocenters. The Bertz CT molecular complexity index is 3820. The Hall–Kier alpha value is -8.02. The standard InChI is InChI=1S/C62H38N2S2/c1-5-21-47-39(13-1)17-9-25-55(47)63(56-26-10-18-40-14-2-6-22-48(40)56)45-29-31-59-53(37-45)51-33-43-34-52-54-38-46(30-32-60(54)66-62(52)36-44(43)35-61(51)65-59)64(57-27-11-19-41-15-3-7-23-49(41)57)58-28-12-20-42-16-4-8-24-50(42)58/h1-38H. The number of benzene rings is 12. The van der Waals surface area contributed by atoms with Gasteiger partial charge in [-0.25, -0.2) is 0 Å². The maximum Gasteiger partial charge on any atom is 0.0540 e. The Morgan fingerprint density at radius 2 is 0.515 bits per heavy atom. The summed E-state index contributed by atoms with van der Waals surface area (Å²) in [6, 6.07) is 85.4. The largest absolute Gasteiger partial charge is 0.309 e. The van der Waals surface area contributed by atoms with Gasteiger partial charge in [-0.1, -0.05) is 146 Å². The van der Waals surface area contributed by atoms with Crippen molar-refractivity contribution in [3.63, 3.8) is 0 Å². The maximum atomic E-state index is 2.47. The van der Waals surface area contributed by atoms with Crippen molar-refractivity contribution in [2.75, 3.05) is 9.80 Å². The van der Waals surface area contributed by atoms with Gasteiger partial charge in [0, 0.05) is 73.3 Å². The average molecular weight is 875 g/mol. The third kappa shape index (κ3) is 5.86. The van der Waals surface area contributed by atoms with Gasteiger partial charge >= 0.3 is 0 Å². The van der Waals surface area contributed by atoms with Crippen molar-refractivity contribution in [3.8, 4) is 0 Å². The van der Waals surface area contributed by atoms with Crippen molar-refractivity contribution in [1.29, 1.82) is 0 Å². The molecule has 0 saturated carbocycles. The summed E-state index contributed by atoms with van der Waals surface area (Å²) in [5.74, 6) is 0. The second-order valence-electron chi connectivity index (χ2n) is 17.3. The van der Waals surface area contributed by atoms with E-state index in [0.29, 0.717) is 0 Å². The van der Waals surface area contributed by atoms with Crippen molar-refractivity contribution in [3.05, 3.63) is 231 Å². The fourth-order valence-corrected chi connectivity index (χ4v) is 12.7. The molecule has 14 aromatic rings. The summed E-state index contributed by atoms with van der Waals surface area (Å²) >= 11 is 3.77. The summed E-state index contributed by atoms with van der Waals surface area (Å²) in [4.78, 5) is 4.93. The van der Waals surface area contributed by atoms with Crippen molar-refractivity contribution in [2.24, 2.45) is 0 Å². The van der Waals surface area contributed by atoms with Crippen LogP contribution in [0.1, 0.15) is 0 Å². The predicted molar refractivity (Wildman–Crippen MR) is 289 cm³/mol. The van der Waals surface area contributed by atoms with Crippen LogP contribution in [0.25, 0.3) is 94.2 Å². The van der Waals surface area contributed by atoms with E-state index in [2.05, 4.69) is 240 Å². The highest BCUT2D eigenvalue weighted by molar-refractivity contribution is 7.26. The highest BCUT2D eigenvalue weighted by atomic mass is 32.1. The minimum absolute atomic E-state index is 1.14. The lowest BCUT2D eigenvalue weighted by Gasteiger charge is -2.28. The van der Waals surface area contributed by atoms with E-state index in [-0.39, 0.29) is 0 Å². The molecule has 0 unspecified atom stereocenters. The van der Waals surface area contributed by atoms with E-state index in [1.807, 2.05) is 22.7 Å². The van der Waals surface area contributed by atoms with E-state index in [0.717, 1.165) is 11.4 Å². The van der Waals surface area contributed by atoms with E-state index < -0.39 is 0 Å². The predicted octanol–water partition coefficient (Wildman–Crippen LogP) is 19.1. The second kappa shape index (κ2) is 14.8. The first-order valence-corrected chi connectivity index (χ1v) is 24.1. The van der Waals surface area contributed by atoms with Crippen LogP contribution in [0.15, 0.2) is 231 Å². The van der Waals surface area contributed by atoms with Crippen LogP contribution < -0.4 is 9.80 Å². The summed E-state index contributed by atoms with van der Waals surface area (Å²) in [6.07, 6.45) is 0. The van der Waals surface area contributed by atoms with Crippen molar-refractivity contribution >= 4 is 151 Å². The Morgan fingerprint density at radius 3 is 0.879 bits per heavy atom. The van der Waals surface area contributed by atoms with Crippen LogP contribution in [0.4, 0.5) is 34.1 Å². The van der Waals surface area contributed by atoms with Gasteiger partial charge in [0.1, 0.15) is 0 Å². The average Bonchev–Trinajstić information content (AvgIpc) is 3.91. The summed E-state index contributed by atoms with van der Waals surface area (Å²) in [5, 5.41) is 17.5. The minimum atomic E-state index is 1.14. The van der Waals surface area contributed by atoms with Gasteiger partial charge in [0.25, 0.3) is 0 Å². The van der Waals surface area contributed by atoms with Crippen LogP contribution in [-0.4, -0.2) is 0 Å². The quantitative estimate of drug-likeness (QED) is 0.164. The lowest BCUT2D eigenvalue weighted by Crippen LogP contribution is -2.11. The van der Waals surface area contributed by atoms with Crippen molar-refractivity contribution in [2.45, 2.75) is 0 Å². The van der Waals surface area contributed by atoms with Crippen LogP contribution >= 0.6 is 22.7 Å². The van der Waals surface area contributed by atoms with Gasteiger partial charge in [0.15, 0.2) is 0 Å². The van der Waals surface area contributed by atoms with E-state index in [9.17, 15) is 0 Å². The Kier molecular flexibility index (Phi) is 8.36. The fourth-order valence-electron chi connectivity index (χ4n) is 10.5. The number of fused-ring (bicyclic) bond motifs is 11. The molecule has 2 heterocycles. The normalized spacial score (nSPS) is 11.9. The van der Waals surface area contributed by atoms with E-state index in [1.54, 1.807) is 0 Å². The van der Waals surface area contributed by atoms with Gasteiger partial charge < -0.3 is 9.80 Å². The smallest absolute Gasteiger partial charge is 0.0540 e. The molecular weight excluding hydrogens is 837 g/mol. The minimum Gasteiger partial charge on any atom is -0.309 e. The molecule has 0 spiro atoms. The van der Waals surface area contributed by atoms with E-state index >= 15 is 0 Å². The lowest BCUT2D eigenvalue weighted by atomic mass is 10.0. The molecule has 12 aromatic carbocycles. The number of nitrogens with zero attached hydrogens (tertiary/aromatic N) is 2. The third-order valence-corrected chi connectivity index (χ3v) is 15.8. The first kappa shape index (κ1) is 37.4. The summed E-state index contributed by atoms with van der Waals surface area (Å²) in [5.41, 5.74) is 6.95. The molecule has 2 aromatic heterocycles. The number of anilines is 6. The highest BCUT2D eigenvalue weighted by Gasteiger charge is 2.21. The van der Waals surface area contributed by atoms with Crippen LogP contribution in [0.2, 0.25) is 0 Å². The molecule has 2 nitrogen and oxygen atoms in total. The first-order chi connectivity index (χ1) is 32.7. The number of thiophene rings is 2. The second-order valence-corrected chi connectivity index (χ2v) is 19.4. The molecule has 308 valence electrons. The molecule has 0 saturated heterocycles. The monoisotopic (exact) mass is 874 g/mol. The van der Waals surface area contributed by atoms with Crippen LogP contribution in [0.5, 0.6) is 0 Å². The third-order valence-electron chi connectivity index (χ3n) is 13.5. The fraction of sp³-hybridized carbons (Fsp3) is 0. The van der Waals surface area contributed by atoms with Gasteiger partial charge in [-0.15, -0.1) is 22.7 Å². The first-order valence-electron chi connectivity index (χ1n) is 22.5. The Morgan fingerprint density at radius 1 is 0.212 bits per heavy atom. The zero-order valence-corrected chi connectivity index (χ0v) is 37.3. The molecule has 0 N–H and O–H groups in total. The summed E-state index contributed by atoms with van der Waals surface area (Å²) in [7, 11) is 0. The Balaban J connectivity index is 0.955. The summed E-state index contributed by atoms with van der Waals surface area (Å²) < 4.78 is 5.19. The van der Waals surface area contributed by atoms with E-state index in [4.69, 9.17) is 0 Å². The molecule has 0 bridgehead atoms.